The van der Waals surface area contributed by atoms with Crippen LogP contribution in [0.5, 0.6) is 0 Å². The smallest absolute Gasteiger partial charge is 0.416 e. The zero-order valence-electron chi connectivity index (χ0n) is 16.1. The molecule has 0 spiro atoms. The molecule has 4 rings (SSSR count). The molecule has 156 valence electrons. The molecule has 4 nitrogen and oxygen atoms in total. The third kappa shape index (κ3) is 4.16. The molecule has 0 amide bonds. The Kier molecular flexibility index (Phi) is 5.47. The number of nitrogens with zero attached hydrogens (tertiary/aromatic N) is 2. The molecular weight excluding hydrogens is 393 g/mol. The maximum absolute atomic E-state index is 13.3. The summed E-state index contributed by atoms with van der Waals surface area (Å²) in [6.07, 6.45) is -0.0446. The second kappa shape index (κ2) is 8.07. The van der Waals surface area contributed by atoms with Gasteiger partial charge in [-0.2, -0.15) is 13.2 Å². The number of piperidine rings is 1. The number of rotatable bonds is 4. The summed E-state index contributed by atoms with van der Waals surface area (Å²) >= 11 is 0. The average Bonchev–Trinajstić information content (AvgIpc) is 2.74. The summed E-state index contributed by atoms with van der Waals surface area (Å²) in [5.41, 5.74) is 0.740. The van der Waals surface area contributed by atoms with Gasteiger partial charge in [-0.25, -0.2) is 0 Å². The van der Waals surface area contributed by atoms with Gasteiger partial charge in [-0.3, -0.25) is 14.7 Å². The number of pyridine rings is 1. The predicted octanol–water partition coefficient (Wildman–Crippen LogP) is 5.14. The largest absolute Gasteiger partial charge is 0.481 e. The fraction of sp³-hybridized carbons (Fsp3) is 0.304. The van der Waals surface area contributed by atoms with Crippen LogP contribution in [0.1, 0.15) is 35.6 Å². The molecule has 0 bridgehead atoms. The van der Waals surface area contributed by atoms with E-state index in [1.807, 2.05) is 24.3 Å². The summed E-state index contributed by atoms with van der Waals surface area (Å²) in [5.74, 6) is -1.23. The topological polar surface area (TPSA) is 53.4 Å². The van der Waals surface area contributed by atoms with Crippen LogP contribution in [0, 0.1) is 5.92 Å². The number of hydrogen-bond acceptors (Lipinski definition) is 3. The van der Waals surface area contributed by atoms with Crippen LogP contribution in [-0.2, 0) is 11.0 Å². The summed E-state index contributed by atoms with van der Waals surface area (Å²) in [7, 11) is 0. The van der Waals surface area contributed by atoms with Crippen LogP contribution in [0.4, 0.5) is 13.2 Å². The highest BCUT2D eigenvalue weighted by molar-refractivity contribution is 5.82. The first-order chi connectivity index (χ1) is 14.3. The van der Waals surface area contributed by atoms with Crippen LogP contribution in [0.3, 0.4) is 0 Å². The lowest BCUT2D eigenvalue weighted by atomic mass is 9.90. The maximum atomic E-state index is 13.3. The summed E-state index contributed by atoms with van der Waals surface area (Å²) in [6.45, 7) is 1.01. The van der Waals surface area contributed by atoms with Gasteiger partial charge in [-0.15, -0.1) is 0 Å². The minimum absolute atomic E-state index is 0.389. The highest BCUT2D eigenvalue weighted by Gasteiger charge is 2.34. The Morgan fingerprint density at radius 1 is 1.03 bits per heavy atom. The van der Waals surface area contributed by atoms with Gasteiger partial charge in [0.25, 0.3) is 0 Å². The van der Waals surface area contributed by atoms with Crippen molar-refractivity contribution in [1.82, 2.24) is 9.88 Å². The number of likely N-dealkylation sites (tertiary alicyclic amines) is 1. The van der Waals surface area contributed by atoms with E-state index in [-0.39, 0.29) is 6.04 Å². The molecule has 0 aliphatic carbocycles. The van der Waals surface area contributed by atoms with E-state index in [0.717, 1.165) is 22.4 Å². The van der Waals surface area contributed by atoms with E-state index < -0.39 is 23.6 Å². The average molecular weight is 414 g/mol. The van der Waals surface area contributed by atoms with Crippen LogP contribution in [-0.4, -0.2) is 34.0 Å². The molecule has 0 saturated carbocycles. The van der Waals surface area contributed by atoms with E-state index in [0.29, 0.717) is 31.5 Å². The highest BCUT2D eigenvalue weighted by atomic mass is 19.4. The molecule has 1 atom stereocenters. The lowest BCUT2D eigenvalue weighted by Crippen LogP contribution is -2.39. The molecule has 0 radical (unpaired) electrons. The zero-order chi connectivity index (χ0) is 21.3. The van der Waals surface area contributed by atoms with Gasteiger partial charge in [0.2, 0.25) is 0 Å². The number of aliphatic carboxylic acids is 1. The van der Waals surface area contributed by atoms with E-state index in [1.54, 1.807) is 18.5 Å². The SMILES string of the molecule is O=C(O)C1CCN(C(c2cccc(C(F)(F)F)c2)c2ccc3cnccc3c2)CC1. The third-order valence-electron chi connectivity index (χ3n) is 5.75. The molecule has 1 N–H and O–H groups in total. The normalized spacial score (nSPS) is 17.2. The van der Waals surface area contributed by atoms with E-state index in [9.17, 15) is 23.1 Å². The zero-order valence-corrected chi connectivity index (χ0v) is 16.1. The number of halogens is 3. The maximum Gasteiger partial charge on any atom is 0.416 e. The van der Waals surface area contributed by atoms with Gasteiger partial charge < -0.3 is 5.11 Å². The molecule has 1 aliphatic heterocycles. The van der Waals surface area contributed by atoms with Crippen LogP contribution < -0.4 is 0 Å². The molecule has 7 heteroatoms. The first-order valence-electron chi connectivity index (χ1n) is 9.80. The fourth-order valence-corrected chi connectivity index (χ4v) is 4.18. The molecule has 1 fully saturated rings. The van der Waals surface area contributed by atoms with Crippen molar-refractivity contribution in [2.75, 3.05) is 13.1 Å². The second-order valence-corrected chi connectivity index (χ2v) is 7.66. The van der Waals surface area contributed by atoms with Gasteiger partial charge in [-0.1, -0.05) is 24.3 Å². The fourth-order valence-electron chi connectivity index (χ4n) is 4.18. The van der Waals surface area contributed by atoms with Crippen LogP contribution in [0.15, 0.2) is 60.9 Å². The molecule has 30 heavy (non-hydrogen) atoms. The van der Waals surface area contributed by atoms with Gasteiger partial charge >= 0.3 is 12.1 Å². The van der Waals surface area contributed by atoms with Crippen molar-refractivity contribution in [3.63, 3.8) is 0 Å². The first kappa shape index (κ1) is 20.3. The van der Waals surface area contributed by atoms with Gasteiger partial charge in [0.1, 0.15) is 0 Å². The quantitative estimate of drug-likeness (QED) is 0.642. The predicted molar refractivity (Wildman–Crippen MR) is 107 cm³/mol. The number of hydrogen-bond donors (Lipinski definition) is 1. The number of benzene rings is 2. The van der Waals surface area contributed by atoms with Crippen molar-refractivity contribution in [2.45, 2.75) is 25.1 Å². The number of fused-ring (bicyclic) bond motifs is 1. The number of carboxylic acid groups (broad SMARTS) is 1. The Morgan fingerprint density at radius 3 is 2.47 bits per heavy atom. The molecule has 1 aliphatic rings. The standard InChI is InChI=1S/C23H21F3N2O2/c24-23(25,26)20-3-1-2-17(13-20)21(28-10-7-15(8-11-28)22(29)30)18-4-5-19-14-27-9-6-16(19)12-18/h1-6,9,12-15,21H,7-8,10-11H2,(H,29,30). The van der Waals surface area contributed by atoms with Gasteiger partial charge in [-0.05, 0) is 66.7 Å². The third-order valence-corrected chi connectivity index (χ3v) is 5.75. The summed E-state index contributed by atoms with van der Waals surface area (Å²) < 4.78 is 40.0. The van der Waals surface area contributed by atoms with E-state index in [1.165, 1.54) is 12.1 Å². The number of carboxylic acids is 1. The van der Waals surface area contributed by atoms with E-state index in [2.05, 4.69) is 9.88 Å². The minimum atomic E-state index is -4.42. The minimum Gasteiger partial charge on any atom is -0.481 e. The lowest BCUT2D eigenvalue weighted by molar-refractivity contribution is -0.143. The van der Waals surface area contributed by atoms with Crippen LogP contribution >= 0.6 is 0 Å². The molecule has 1 aromatic heterocycles. The van der Waals surface area contributed by atoms with Crippen molar-refractivity contribution in [3.8, 4) is 0 Å². The van der Waals surface area contributed by atoms with Gasteiger partial charge in [0, 0.05) is 17.8 Å². The molecule has 3 aromatic rings. The molecular formula is C23H21F3N2O2. The Morgan fingerprint density at radius 2 is 1.77 bits per heavy atom. The van der Waals surface area contributed by atoms with Crippen molar-refractivity contribution < 1.29 is 23.1 Å². The van der Waals surface area contributed by atoms with Crippen LogP contribution in [0.25, 0.3) is 10.8 Å². The Labute approximate surface area is 172 Å². The van der Waals surface area contributed by atoms with E-state index >= 15 is 0 Å². The molecule has 2 heterocycles. The summed E-state index contributed by atoms with van der Waals surface area (Å²) in [4.78, 5) is 17.5. The Hall–Kier alpha value is -2.93. The number of carbonyl (C=O) groups is 1. The molecule has 2 aromatic carbocycles. The lowest BCUT2D eigenvalue weighted by Gasteiger charge is -2.37. The highest BCUT2D eigenvalue weighted by Crippen LogP contribution is 2.37. The van der Waals surface area contributed by atoms with Gasteiger partial charge in [0.05, 0.1) is 17.5 Å². The van der Waals surface area contributed by atoms with Crippen molar-refractivity contribution in [1.29, 1.82) is 0 Å². The second-order valence-electron chi connectivity index (χ2n) is 7.66. The first-order valence-corrected chi connectivity index (χ1v) is 9.80. The Bertz CT molecular complexity index is 1060. The van der Waals surface area contributed by atoms with Crippen molar-refractivity contribution >= 4 is 16.7 Å². The van der Waals surface area contributed by atoms with Crippen LogP contribution in [0.2, 0.25) is 0 Å². The molecule has 1 saturated heterocycles. The monoisotopic (exact) mass is 414 g/mol. The summed E-state index contributed by atoms with van der Waals surface area (Å²) in [6, 6.07) is 12.7. The van der Waals surface area contributed by atoms with Gasteiger partial charge in [0.15, 0.2) is 0 Å². The summed E-state index contributed by atoms with van der Waals surface area (Å²) in [5, 5.41) is 11.2. The number of aromatic nitrogens is 1. The van der Waals surface area contributed by atoms with Crippen molar-refractivity contribution in [3.05, 3.63) is 77.6 Å². The Balaban J connectivity index is 1.76. The number of alkyl halides is 3. The van der Waals surface area contributed by atoms with Crippen molar-refractivity contribution in [2.24, 2.45) is 5.92 Å². The van der Waals surface area contributed by atoms with E-state index in [4.69, 9.17) is 0 Å². The molecule has 1 unspecified atom stereocenters.